The summed E-state index contributed by atoms with van der Waals surface area (Å²) < 4.78 is 41.9. The Morgan fingerprint density at radius 1 is 1.44 bits per heavy atom. The number of aromatic nitrogens is 5. The van der Waals surface area contributed by atoms with Gasteiger partial charge in [0, 0.05) is 32.8 Å². The van der Waals surface area contributed by atoms with Crippen LogP contribution in [0.15, 0.2) is 17.3 Å². The summed E-state index contributed by atoms with van der Waals surface area (Å²) in [4.78, 5) is 27.1. The van der Waals surface area contributed by atoms with E-state index >= 15 is 0 Å². The summed E-state index contributed by atoms with van der Waals surface area (Å²) in [5, 5.41) is 6.49. The molecule has 11 heteroatoms. The van der Waals surface area contributed by atoms with Gasteiger partial charge in [0.25, 0.3) is 0 Å². The second-order valence-electron chi connectivity index (χ2n) is 6.08. The van der Waals surface area contributed by atoms with Crippen molar-refractivity contribution in [3.8, 4) is 0 Å². The first-order valence-electron chi connectivity index (χ1n) is 7.72. The molecule has 2 aromatic rings. The zero-order valence-corrected chi connectivity index (χ0v) is 13.5. The molecule has 0 saturated heterocycles. The van der Waals surface area contributed by atoms with E-state index in [1.165, 1.54) is 22.5 Å². The van der Waals surface area contributed by atoms with Gasteiger partial charge in [-0.15, -0.1) is 0 Å². The lowest BCUT2D eigenvalue weighted by Gasteiger charge is -2.23. The maximum atomic E-state index is 12.7. The Bertz CT molecular complexity index is 834. The highest BCUT2D eigenvalue weighted by Gasteiger charge is 2.35. The first-order chi connectivity index (χ1) is 11.7. The second-order valence-corrected chi connectivity index (χ2v) is 6.08. The molecule has 2 aromatic heterocycles. The molecule has 1 atom stereocenters. The Kier molecular flexibility index (Phi) is 4.39. The SMILES string of the molecule is Cn1cnn(CC(=O)NC[C@@H]2CCc3nc(C(F)(F)F)cn3C2)c1=O. The van der Waals surface area contributed by atoms with E-state index in [1.807, 2.05) is 0 Å². The topological polar surface area (TPSA) is 86.7 Å². The molecular formula is C14H17F3N6O2. The minimum absolute atomic E-state index is 0.00666. The van der Waals surface area contributed by atoms with E-state index in [9.17, 15) is 22.8 Å². The molecule has 3 rings (SSSR count). The van der Waals surface area contributed by atoms with Crippen LogP contribution in [0.3, 0.4) is 0 Å². The predicted octanol–water partition coefficient (Wildman–Crippen LogP) is 0.176. The van der Waals surface area contributed by atoms with E-state index in [0.717, 1.165) is 10.9 Å². The Labute approximate surface area is 140 Å². The molecule has 1 N–H and O–H groups in total. The van der Waals surface area contributed by atoms with E-state index in [-0.39, 0.29) is 18.4 Å². The number of halogens is 3. The highest BCUT2D eigenvalue weighted by molar-refractivity contribution is 5.75. The summed E-state index contributed by atoms with van der Waals surface area (Å²) in [5.41, 5.74) is -1.28. The van der Waals surface area contributed by atoms with Crippen molar-refractivity contribution in [1.29, 1.82) is 0 Å². The third-order valence-electron chi connectivity index (χ3n) is 4.15. The Hall–Kier alpha value is -2.59. The van der Waals surface area contributed by atoms with Crippen LogP contribution in [-0.4, -0.2) is 36.4 Å². The lowest BCUT2D eigenvalue weighted by molar-refractivity contribution is -0.141. The van der Waals surface area contributed by atoms with Gasteiger partial charge in [0.15, 0.2) is 5.69 Å². The summed E-state index contributed by atoms with van der Waals surface area (Å²) in [6.07, 6.45) is -1.06. The van der Waals surface area contributed by atoms with Gasteiger partial charge in [0.05, 0.1) is 0 Å². The standard InChI is InChI=1S/C14H17F3N6O2/c1-21-8-19-23(13(21)25)7-12(24)18-4-9-2-3-11-20-10(14(15,16)17)6-22(11)5-9/h6,8-9H,2-5,7H2,1H3,(H,18,24)/t9-/m0/s1. The Balaban J connectivity index is 1.55. The smallest absolute Gasteiger partial charge is 0.354 e. The minimum Gasteiger partial charge on any atom is -0.354 e. The molecular weight excluding hydrogens is 341 g/mol. The number of amides is 1. The number of imidazole rings is 1. The molecule has 3 heterocycles. The van der Waals surface area contributed by atoms with Gasteiger partial charge in [-0.1, -0.05) is 0 Å². The first kappa shape index (κ1) is 17.2. The van der Waals surface area contributed by atoms with Crippen LogP contribution in [0, 0.1) is 5.92 Å². The molecule has 0 bridgehead atoms. The molecule has 0 saturated carbocycles. The number of rotatable bonds is 4. The van der Waals surface area contributed by atoms with Gasteiger partial charge < -0.3 is 9.88 Å². The average molecular weight is 358 g/mol. The van der Waals surface area contributed by atoms with Gasteiger partial charge in [0.2, 0.25) is 5.91 Å². The van der Waals surface area contributed by atoms with E-state index in [1.54, 1.807) is 0 Å². The summed E-state index contributed by atoms with van der Waals surface area (Å²) in [6, 6.07) is 0. The number of aryl methyl sites for hydroxylation is 2. The van der Waals surface area contributed by atoms with Crippen molar-refractivity contribution in [1.82, 2.24) is 29.2 Å². The molecule has 25 heavy (non-hydrogen) atoms. The van der Waals surface area contributed by atoms with Crippen molar-refractivity contribution in [2.24, 2.45) is 13.0 Å². The minimum atomic E-state index is -4.45. The fourth-order valence-electron chi connectivity index (χ4n) is 2.80. The largest absolute Gasteiger partial charge is 0.434 e. The molecule has 136 valence electrons. The quantitative estimate of drug-likeness (QED) is 0.845. The molecule has 1 amide bonds. The van der Waals surface area contributed by atoms with E-state index in [0.29, 0.717) is 31.8 Å². The van der Waals surface area contributed by atoms with Crippen molar-refractivity contribution in [2.45, 2.75) is 32.1 Å². The number of carbonyl (C=O) groups excluding carboxylic acids is 1. The summed E-state index contributed by atoms with van der Waals surface area (Å²) in [6.45, 7) is 0.489. The summed E-state index contributed by atoms with van der Waals surface area (Å²) in [5.74, 6) is 0.0512. The van der Waals surface area contributed by atoms with Gasteiger partial charge in [0.1, 0.15) is 18.7 Å². The highest BCUT2D eigenvalue weighted by atomic mass is 19.4. The van der Waals surface area contributed by atoms with Gasteiger partial charge in [-0.05, 0) is 12.3 Å². The molecule has 8 nitrogen and oxygen atoms in total. The van der Waals surface area contributed by atoms with Crippen LogP contribution in [0.4, 0.5) is 13.2 Å². The average Bonchev–Trinajstić information content (AvgIpc) is 3.11. The predicted molar refractivity (Wildman–Crippen MR) is 79.5 cm³/mol. The normalized spacial score (nSPS) is 17.4. The summed E-state index contributed by atoms with van der Waals surface area (Å²) in [7, 11) is 1.53. The lowest BCUT2D eigenvalue weighted by atomic mass is 9.99. The van der Waals surface area contributed by atoms with Gasteiger partial charge in [-0.25, -0.2) is 14.5 Å². The van der Waals surface area contributed by atoms with Crippen molar-refractivity contribution >= 4 is 5.91 Å². The van der Waals surface area contributed by atoms with Gasteiger partial charge in [-0.2, -0.15) is 18.3 Å². The zero-order valence-electron chi connectivity index (χ0n) is 13.5. The number of alkyl halides is 3. The molecule has 1 aliphatic rings. The van der Waals surface area contributed by atoms with Crippen molar-refractivity contribution in [3.05, 3.63) is 34.5 Å². The number of fused-ring (bicyclic) bond motifs is 1. The number of hydrogen-bond acceptors (Lipinski definition) is 4. The number of nitrogens with zero attached hydrogens (tertiary/aromatic N) is 5. The zero-order chi connectivity index (χ0) is 18.2. The van der Waals surface area contributed by atoms with Crippen LogP contribution in [0.1, 0.15) is 17.9 Å². The van der Waals surface area contributed by atoms with Crippen LogP contribution in [-0.2, 0) is 37.5 Å². The van der Waals surface area contributed by atoms with Crippen LogP contribution in [0.5, 0.6) is 0 Å². The molecule has 0 unspecified atom stereocenters. The fraction of sp³-hybridized carbons (Fsp3) is 0.571. The van der Waals surface area contributed by atoms with Gasteiger partial charge >= 0.3 is 11.9 Å². The fourth-order valence-corrected chi connectivity index (χ4v) is 2.80. The van der Waals surface area contributed by atoms with Crippen LogP contribution >= 0.6 is 0 Å². The maximum absolute atomic E-state index is 12.7. The van der Waals surface area contributed by atoms with Crippen LogP contribution in [0.2, 0.25) is 0 Å². The van der Waals surface area contributed by atoms with E-state index in [2.05, 4.69) is 15.4 Å². The monoisotopic (exact) mass is 358 g/mol. The molecule has 0 fully saturated rings. The van der Waals surface area contributed by atoms with E-state index < -0.39 is 17.6 Å². The second kappa shape index (κ2) is 6.37. The Morgan fingerprint density at radius 3 is 2.84 bits per heavy atom. The van der Waals surface area contributed by atoms with Crippen LogP contribution < -0.4 is 11.0 Å². The number of hydrogen-bond donors (Lipinski definition) is 1. The van der Waals surface area contributed by atoms with Crippen molar-refractivity contribution < 1.29 is 18.0 Å². The van der Waals surface area contributed by atoms with Crippen molar-refractivity contribution in [2.75, 3.05) is 6.54 Å². The summed E-state index contributed by atoms with van der Waals surface area (Å²) >= 11 is 0. The third-order valence-corrected chi connectivity index (χ3v) is 4.15. The maximum Gasteiger partial charge on any atom is 0.434 e. The third kappa shape index (κ3) is 3.74. The molecule has 1 aliphatic heterocycles. The number of nitrogens with one attached hydrogen (secondary N) is 1. The number of carbonyl (C=O) groups is 1. The Morgan fingerprint density at radius 2 is 2.20 bits per heavy atom. The molecule has 0 aliphatic carbocycles. The van der Waals surface area contributed by atoms with Crippen molar-refractivity contribution in [3.63, 3.8) is 0 Å². The highest BCUT2D eigenvalue weighted by Crippen LogP contribution is 2.30. The van der Waals surface area contributed by atoms with Gasteiger partial charge in [-0.3, -0.25) is 9.36 Å². The molecule has 0 radical (unpaired) electrons. The molecule has 0 aromatic carbocycles. The lowest BCUT2D eigenvalue weighted by Crippen LogP contribution is -2.37. The van der Waals surface area contributed by atoms with Crippen LogP contribution in [0.25, 0.3) is 0 Å². The molecule has 0 spiro atoms. The first-order valence-corrected chi connectivity index (χ1v) is 7.72. The van der Waals surface area contributed by atoms with E-state index in [4.69, 9.17) is 0 Å².